The Bertz CT molecular complexity index is 156. The molecule has 0 aliphatic rings. The largest absolute Gasteiger partial charge is 0.369 e. The summed E-state index contributed by atoms with van der Waals surface area (Å²) >= 11 is 0. The predicted octanol–water partition coefficient (Wildman–Crippen LogP) is 1.37. The highest BCUT2D eigenvalue weighted by Gasteiger charge is 1.97. The number of allylic oxidation sites excluding steroid dienone is 2. The van der Waals surface area contributed by atoms with E-state index in [9.17, 15) is 0 Å². The van der Waals surface area contributed by atoms with E-state index in [4.69, 9.17) is 5.26 Å². The van der Waals surface area contributed by atoms with Gasteiger partial charge in [-0.1, -0.05) is 0 Å². The van der Waals surface area contributed by atoms with Crippen LogP contribution in [-0.4, -0.2) is 19.0 Å². The van der Waals surface area contributed by atoms with Crippen LogP contribution in [-0.2, 0) is 0 Å². The zero-order valence-corrected chi connectivity index (χ0v) is 6.39. The lowest BCUT2D eigenvalue weighted by molar-refractivity contribution is 0.527. The Labute approximate surface area is 56.4 Å². The second-order valence-electron chi connectivity index (χ2n) is 2.35. The minimum atomic E-state index is 0.745. The Morgan fingerprint density at radius 1 is 1.33 bits per heavy atom. The molecule has 0 aromatic heterocycles. The SMILES string of the molecule is CC(C)=C(C#N)N(C)C. The maximum atomic E-state index is 8.52. The molecular formula is C7H12N2. The maximum absolute atomic E-state index is 8.52. The first kappa shape index (κ1) is 8.03. The fraction of sp³-hybridized carbons (Fsp3) is 0.571. The van der Waals surface area contributed by atoms with Crippen LogP contribution in [0.3, 0.4) is 0 Å². The molecule has 0 saturated carbocycles. The van der Waals surface area contributed by atoms with Gasteiger partial charge in [0, 0.05) is 14.1 Å². The predicted molar refractivity (Wildman–Crippen MR) is 37.7 cm³/mol. The molecule has 2 nitrogen and oxygen atoms in total. The molecule has 0 radical (unpaired) electrons. The summed E-state index contributed by atoms with van der Waals surface area (Å²) < 4.78 is 0. The van der Waals surface area contributed by atoms with Gasteiger partial charge in [-0.25, -0.2) is 0 Å². The maximum Gasteiger partial charge on any atom is 0.117 e. The van der Waals surface area contributed by atoms with E-state index in [1.807, 2.05) is 32.8 Å². The quantitative estimate of drug-likeness (QED) is 0.493. The molecule has 9 heavy (non-hydrogen) atoms. The first-order valence-corrected chi connectivity index (χ1v) is 2.84. The molecule has 2 heteroatoms. The topological polar surface area (TPSA) is 27.0 Å². The van der Waals surface area contributed by atoms with E-state index in [0.717, 1.165) is 11.3 Å². The third-order valence-corrected chi connectivity index (χ3v) is 1.03. The molecule has 0 fully saturated rings. The third kappa shape index (κ3) is 2.18. The summed E-state index contributed by atoms with van der Waals surface area (Å²) in [4.78, 5) is 1.81. The van der Waals surface area contributed by atoms with Crippen molar-refractivity contribution >= 4 is 0 Å². The van der Waals surface area contributed by atoms with Gasteiger partial charge in [0.1, 0.15) is 11.8 Å². The molecule has 0 unspecified atom stereocenters. The molecule has 0 aliphatic heterocycles. The molecule has 0 atom stereocenters. The smallest absolute Gasteiger partial charge is 0.117 e. The van der Waals surface area contributed by atoms with Crippen molar-refractivity contribution in [3.05, 3.63) is 11.3 Å². The highest BCUT2D eigenvalue weighted by atomic mass is 15.1. The summed E-state index contributed by atoms with van der Waals surface area (Å²) in [7, 11) is 3.73. The first-order valence-electron chi connectivity index (χ1n) is 2.84. The molecule has 0 bridgehead atoms. The van der Waals surface area contributed by atoms with Gasteiger partial charge in [-0.15, -0.1) is 0 Å². The number of nitrogens with zero attached hydrogens (tertiary/aromatic N) is 2. The van der Waals surface area contributed by atoms with Crippen molar-refractivity contribution in [2.24, 2.45) is 0 Å². The highest BCUT2D eigenvalue weighted by Crippen LogP contribution is 2.02. The van der Waals surface area contributed by atoms with E-state index in [-0.39, 0.29) is 0 Å². The van der Waals surface area contributed by atoms with Crippen molar-refractivity contribution in [1.82, 2.24) is 4.90 Å². The highest BCUT2D eigenvalue weighted by molar-refractivity contribution is 5.23. The Hall–Kier alpha value is -0.970. The van der Waals surface area contributed by atoms with E-state index >= 15 is 0 Å². The Kier molecular flexibility index (Phi) is 2.80. The van der Waals surface area contributed by atoms with Crippen LogP contribution >= 0.6 is 0 Å². The van der Waals surface area contributed by atoms with Crippen molar-refractivity contribution in [2.75, 3.05) is 14.1 Å². The fourth-order valence-corrected chi connectivity index (χ4v) is 0.659. The van der Waals surface area contributed by atoms with Crippen molar-refractivity contribution in [3.8, 4) is 6.07 Å². The van der Waals surface area contributed by atoms with Crippen LogP contribution < -0.4 is 0 Å². The van der Waals surface area contributed by atoms with Crippen molar-refractivity contribution in [3.63, 3.8) is 0 Å². The van der Waals surface area contributed by atoms with E-state index in [1.54, 1.807) is 0 Å². The molecule has 0 heterocycles. The van der Waals surface area contributed by atoms with Gasteiger partial charge in [-0.2, -0.15) is 5.26 Å². The van der Waals surface area contributed by atoms with E-state index in [2.05, 4.69) is 6.07 Å². The van der Waals surface area contributed by atoms with Gasteiger partial charge >= 0.3 is 0 Å². The number of nitriles is 1. The molecule has 0 aliphatic carbocycles. The lowest BCUT2D eigenvalue weighted by Gasteiger charge is -2.10. The second-order valence-corrected chi connectivity index (χ2v) is 2.35. The van der Waals surface area contributed by atoms with Gasteiger partial charge in [-0.05, 0) is 19.4 Å². The molecular weight excluding hydrogens is 112 g/mol. The Morgan fingerprint density at radius 3 is 1.78 bits per heavy atom. The normalized spacial score (nSPS) is 7.89. The standard InChI is InChI=1S/C7H12N2/c1-6(2)7(5-8)9(3)4/h1-4H3. The summed E-state index contributed by atoms with van der Waals surface area (Å²) in [5.41, 5.74) is 1.80. The van der Waals surface area contributed by atoms with Gasteiger partial charge in [0.2, 0.25) is 0 Å². The summed E-state index contributed by atoms with van der Waals surface area (Å²) in [6, 6.07) is 2.11. The fourth-order valence-electron chi connectivity index (χ4n) is 0.659. The third-order valence-electron chi connectivity index (χ3n) is 1.03. The summed E-state index contributed by atoms with van der Waals surface area (Å²) in [6.45, 7) is 3.86. The average molecular weight is 124 g/mol. The first-order chi connectivity index (χ1) is 4.09. The van der Waals surface area contributed by atoms with Gasteiger partial charge in [0.25, 0.3) is 0 Å². The van der Waals surface area contributed by atoms with E-state index in [1.165, 1.54) is 0 Å². The second kappa shape index (κ2) is 3.13. The molecule has 0 aromatic rings. The lowest BCUT2D eigenvalue weighted by atomic mass is 10.2. The van der Waals surface area contributed by atoms with Crippen LogP contribution in [0.15, 0.2) is 11.3 Å². The van der Waals surface area contributed by atoms with Crippen LogP contribution in [0.4, 0.5) is 0 Å². The van der Waals surface area contributed by atoms with Crippen LogP contribution in [0, 0.1) is 11.3 Å². The summed E-state index contributed by atoms with van der Waals surface area (Å²) in [5, 5.41) is 8.52. The Balaban J connectivity index is 4.41. The number of hydrogen-bond donors (Lipinski definition) is 0. The zero-order valence-electron chi connectivity index (χ0n) is 6.39. The van der Waals surface area contributed by atoms with E-state index in [0.29, 0.717) is 0 Å². The number of hydrogen-bond acceptors (Lipinski definition) is 2. The summed E-state index contributed by atoms with van der Waals surface area (Å²) in [6.07, 6.45) is 0. The number of rotatable bonds is 1. The van der Waals surface area contributed by atoms with Crippen molar-refractivity contribution in [2.45, 2.75) is 13.8 Å². The molecule has 0 rings (SSSR count). The van der Waals surface area contributed by atoms with Crippen LogP contribution in [0.25, 0.3) is 0 Å². The van der Waals surface area contributed by atoms with Gasteiger partial charge in [-0.3, -0.25) is 0 Å². The Morgan fingerprint density at radius 2 is 1.78 bits per heavy atom. The average Bonchev–Trinajstić information content (AvgIpc) is 1.64. The molecule has 0 spiro atoms. The summed E-state index contributed by atoms with van der Waals surface area (Å²) in [5.74, 6) is 0. The minimum absolute atomic E-state index is 0.745. The van der Waals surface area contributed by atoms with E-state index < -0.39 is 0 Å². The van der Waals surface area contributed by atoms with Crippen LogP contribution in [0.5, 0.6) is 0 Å². The zero-order chi connectivity index (χ0) is 7.44. The van der Waals surface area contributed by atoms with Gasteiger partial charge < -0.3 is 4.90 Å². The van der Waals surface area contributed by atoms with Gasteiger partial charge in [0.05, 0.1) is 0 Å². The van der Waals surface area contributed by atoms with Crippen LogP contribution in [0.1, 0.15) is 13.8 Å². The van der Waals surface area contributed by atoms with Crippen molar-refractivity contribution in [1.29, 1.82) is 5.26 Å². The molecule has 0 aromatic carbocycles. The molecule has 50 valence electrons. The van der Waals surface area contributed by atoms with Gasteiger partial charge in [0.15, 0.2) is 0 Å². The lowest BCUT2D eigenvalue weighted by Crippen LogP contribution is -2.10. The monoisotopic (exact) mass is 124 g/mol. The minimum Gasteiger partial charge on any atom is -0.369 e. The molecule has 0 N–H and O–H groups in total. The van der Waals surface area contributed by atoms with Crippen LogP contribution in [0.2, 0.25) is 0 Å². The molecule has 0 saturated heterocycles. The molecule has 0 amide bonds. The van der Waals surface area contributed by atoms with Crippen molar-refractivity contribution < 1.29 is 0 Å².